The number of aliphatic hydroxyl groups excluding tert-OH is 1. The van der Waals surface area contributed by atoms with E-state index < -0.39 is 6.10 Å². The summed E-state index contributed by atoms with van der Waals surface area (Å²) in [6.45, 7) is 6.49. The fourth-order valence-corrected chi connectivity index (χ4v) is 2.64. The second-order valence-electron chi connectivity index (χ2n) is 6.51. The van der Waals surface area contributed by atoms with Gasteiger partial charge in [0.15, 0.2) is 0 Å². The van der Waals surface area contributed by atoms with Gasteiger partial charge in [0.2, 0.25) is 0 Å². The van der Waals surface area contributed by atoms with Gasteiger partial charge >= 0.3 is 0 Å². The Morgan fingerprint density at radius 1 is 1.04 bits per heavy atom. The maximum Gasteiger partial charge on any atom is 0.122 e. The maximum atomic E-state index is 10.1. The van der Waals surface area contributed by atoms with Crippen molar-refractivity contribution in [3.8, 4) is 11.5 Å². The molecule has 0 amide bonds. The van der Waals surface area contributed by atoms with Crippen LogP contribution < -0.4 is 9.47 Å². The first-order chi connectivity index (χ1) is 12.0. The van der Waals surface area contributed by atoms with E-state index in [2.05, 4.69) is 4.90 Å². The standard InChI is InChI=1S/C21H29NO3/c1-17-8-6-10-20(14-17)25-16-19(23)15-22(3)12-7-13-24-21-11-5-4-9-18(21)2/h4-6,8-11,14,19,23H,7,12-13,15-16H2,1-3H3. The molecule has 2 rings (SSSR count). The van der Waals surface area contributed by atoms with Gasteiger partial charge in [-0.15, -0.1) is 0 Å². The molecule has 4 heteroatoms. The summed E-state index contributed by atoms with van der Waals surface area (Å²) in [5.41, 5.74) is 2.30. The Balaban J connectivity index is 1.61. The molecule has 0 aromatic heterocycles. The first kappa shape index (κ1) is 19.3. The van der Waals surface area contributed by atoms with Crippen LogP contribution in [0.2, 0.25) is 0 Å². The lowest BCUT2D eigenvalue weighted by Crippen LogP contribution is -2.34. The van der Waals surface area contributed by atoms with E-state index >= 15 is 0 Å². The number of rotatable bonds is 10. The number of likely N-dealkylation sites (N-methyl/N-ethyl adjacent to an activating group) is 1. The minimum atomic E-state index is -0.511. The zero-order valence-corrected chi connectivity index (χ0v) is 15.4. The molecule has 25 heavy (non-hydrogen) atoms. The van der Waals surface area contributed by atoms with Crippen LogP contribution in [0.3, 0.4) is 0 Å². The molecule has 1 unspecified atom stereocenters. The first-order valence-corrected chi connectivity index (χ1v) is 8.79. The average molecular weight is 343 g/mol. The van der Waals surface area contributed by atoms with Crippen LogP contribution in [0.15, 0.2) is 48.5 Å². The summed E-state index contributed by atoms with van der Waals surface area (Å²) in [4.78, 5) is 2.10. The molecule has 1 N–H and O–H groups in total. The number of para-hydroxylation sites is 1. The zero-order valence-electron chi connectivity index (χ0n) is 15.4. The van der Waals surface area contributed by atoms with Crippen molar-refractivity contribution in [1.82, 2.24) is 4.90 Å². The predicted octanol–water partition coefficient (Wildman–Crippen LogP) is 3.44. The SMILES string of the molecule is Cc1cccc(OCC(O)CN(C)CCCOc2ccccc2C)c1. The van der Waals surface area contributed by atoms with E-state index in [1.54, 1.807) is 0 Å². The molecule has 4 nitrogen and oxygen atoms in total. The molecule has 0 aliphatic carbocycles. The summed E-state index contributed by atoms with van der Waals surface area (Å²) in [6, 6.07) is 15.9. The topological polar surface area (TPSA) is 41.9 Å². The van der Waals surface area contributed by atoms with Crippen molar-refractivity contribution in [3.05, 3.63) is 59.7 Å². The molecule has 136 valence electrons. The summed E-state index contributed by atoms with van der Waals surface area (Å²) in [5, 5.41) is 10.1. The third kappa shape index (κ3) is 7.16. The van der Waals surface area contributed by atoms with Gasteiger partial charge in [-0.25, -0.2) is 0 Å². The maximum absolute atomic E-state index is 10.1. The molecule has 0 radical (unpaired) electrons. The zero-order chi connectivity index (χ0) is 18.1. The molecular formula is C21H29NO3. The van der Waals surface area contributed by atoms with Gasteiger partial charge < -0.3 is 19.5 Å². The number of hydrogen-bond acceptors (Lipinski definition) is 4. The van der Waals surface area contributed by atoms with Crippen LogP contribution in [0, 0.1) is 13.8 Å². The van der Waals surface area contributed by atoms with Crippen molar-refractivity contribution in [2.75, 3.05) is 33.4 Å². The molecule has 0 fully saturated rings. The lowest BCUT2D eigenvalue weighted by Gasteiger charge is -2.21. The van der Waals surface area contributed by atoms with Gasteiger partial charge in [-0.2, -0.15) is 0 Å². The average Bonchev–Trinajstić information content (AvgIpc) is 2.58. The Bertz CT molecular complexity index is 645. The van der Waals surface area contributed by atoms with Crippen LogP contribution in [-0.2, 0) is 0 Å². The molecule has 1 atom stereocenters. The summed E-state index contributed by atoms with van der Waals surface area (Å²) in [6.07, 6.45) is 0.402. The molecule has 2 aromatic carbocycles. The van der Waals surface area contributed by atoms with E-state index in [9.17, 15) is 5.11 Å². The quantitative estimate of drug-likeness (QED) is 0.671. The summed E-state index contributed by atoms with van der Waals surface area (Å²) < 4.78 is 11.4. The third-order valence-electron chi connectivity index (χ3n) is 3.99. The van der Waals surface area contributed by atoms with Crippen LogP contribution >= 0.6 is 0 Å². The van der Waals surface area contributed by atoms with Gasteiger partial charge in [-0.05, 0) is 56.6 Å². The van der Waals surface area contributed by atoms with Crippen molar-refractivity contribution in [2.24, 2.45) is 0 Å². The van der Waals surface area contributed by atoms with Gasteiger partial charge in [0.25, 0.3) is 0 Å². The highest BCUT2D eigenvalue weighted by molar-refractivity contribution is 5.31. The van der Waals surface area contributed by atoms with Crippen LogP contribution in [-0.4, -0.2) is 49.5 Å². The molecule has 2 aromatic rings. The highest BCUT2D eigenvalue weighted by Gasteiger charge is 2.09. The number of ether oxygens (including phenoxy) is 2. The van der Waals surface area contributed by atoms with Crippen molar-refractivity contribution in [1.29, 1.82) is 0 Å². The van der Waals surface area contributed by atoms with Crippen molar-refractivity contribution in [2.45, 2.75) is 26.4 Å². The number of aliphatic hydroxyl groups is 1. The Hall–Kier alpha value is -2.04. The Morgan fingerprint density at radius 2 is 1.84 bits per heavy atom. The Kier molecular flexibility index (Phi) is 7.76. The molecule has 0 aliphatic heterocycles. The summed E-state index contributed by atoms with van der Waals surface area (Å²) >= 11 is 0. The van der Waals surface area contributed by atoms with E-state index in [-0.39, 0.29) is 0 Å². The fraction of sp³-hybridized carbons (Fsp3) is 0.429. The Morgan fingerprint density at radius 3 is 2.60 bits per heavy atom. The van der Waals surface area contributed by atoms with Crippen LogP contribution in [0.25, 0.3) is 0 Å². The highest BCUT2D eigenvalue weighted by Crippen LogP contribution is 2.16. The minimum absolute atomic E-state index is 0.299. The molecule has 0 aliphatic rings. The van der Waals surface area contributed by atoms with E-state index in [4.69, 9.17) is 9.47 Å². The van der Waals surface area contributed by atoms with Crippen molar-refractivity contribution >= 4 is 0 Å². The summed E-state index contributed by atoms with van der Waals surface area (Å²) in [7, 11) is 2.00. The second kappa shape index (κ2) is 10.1. The number of nitrogens with zero attached hydrogens (tertiary/aromatic N) is 1. The highest BCUT2D eigenvalue weighted by atomic mass is 16.5. The normalized spacial score (nSPS) is 12.2. The van der Waals surface area contributed by atoms with Gasteiger partial charge in [0.05, 0.1) is 6.61 Å². The smallest absolute Gasteiger partial charge is 0.122 e. The van der Waals surface area contributed by atoms with Crippen LogP contribution in [0.4, 0.5) is 0 Å². The first-order valence-electron chi connectivity index (χ1n) is 8.79. The lowest BCUT2D eigenvalue weighted by atomic mass is 10.2. The van der Waals surface area contributed by atoms with Gasteiger partial charge in [-0.1, -0.05) is 30.3 Å². The number of hydrogen-bond donors (Lipinski definition) is 1. The van der Waals surface area contributed by atoms with Gasteiger partial charge in [-0.3, -0.25) is 0 Å². The van der Waals surface area contributed by atoms with Gasteiger partial charge in [0, 0.05) is 13.1 Å². The molecule has 0 saturated heterocycles. The minimum Gasteiger partial charge on any atom is -0.493 e. The third-order valence-corrected chi connectivity index (χ3v) is 3.99. The Labute approximate surface area is 151 Å². The van der Waals surface area contributed by atoms with Crippen molar-refractivity contribution in [3.63, 3.8) is 0 Å². The largest absolute Gasteiger partial charge is 0.493 e. The predicted molar refractivity (Wildman–Crippen MR) is 101 cm³/mol. The molecular weight excluding hydrogens is 314 g/mol. The molecule has 0 saturated carbocycles. The van der Waals surface area contributed by atoms with Crippen LogP contribution in [0.1, 0.15) is 17.5 Å². The van der Waals surface area contributed by atoms with Gasteiger partial charge in [0.1, 0.15) is 24.2 Å². The van der Waals surface area contributed by atoms with Crippen molar-refractivity contribution < 1.29 is 14.6 Å². The molecule has 0 spiro atoms. The van der Waals surface area contributed by atoms with E-state index in [1.807, 2.05) is 69.4 Å². The monoisotopic (exact) mass is 343 g/mol. The molecule has 0 heterocycles. The fourth-order valence-electron chi connectivity index (χ4n) is 2.64. The second-order valence-corrected chi connectivity index (χ2v) is 6.51. The van der Waals surface area contributed by atoms with E-state index in [0.29, 0.717) is 19.8 Å². The lowest BCUT2D eigenvalue weighted by molar-refractivity contribution is 0.0748. The van der Waals surface area contributed by atoms with E-state index in [0.717, 1.165) is 35.6 Å². The number of aryl methyl sites for hydroxylation is 2. The summed E-state index contributed by atoms with van der Waals surface area (Å²) in [5.74, 6) is 1.74. The number of benzene rings is 2. The van der Waals surface area contributed by atoms with E-state index in [1.165, 1.54) is 0 Å². The molecule has 0 bridgehead atoms. The van der Waals surface area contributed by atoms with Crippen LogP contribution in [0.5, 0.6) is 11.5 Å².